The van der Waals surface area contributed by atoms with Gasteiger partial charge in [0.25, 0.3) is 0 Å². The van der Waals surface area contributed by atoms with Crippen LogP contribution in [0.2, 0.25) is 0 Å². The molecule has 3 heteroatoms. The molecular formula is C10H21HoNO. The van der Waals surface area contributed by atoms with Gasteiger partial charge in [0.1, 0.15) is 5.60 Å². The molecule has 0 saturated heterocycles. The molecule has 0 aliphatic rings. The fourth-order valence-electron chi connectivity index (χ4n) is 1.41. The van der Waals surface area contributed by atoms with E-state index < -0.39 is 5.60 Å². The molecule has 0 spiro atoms. The third kappa shape index (κ3) is 5.36. The van der Waals surface area contributed by atoms with Crippen molar-refractivity contribution in [1.29, 1.82) is 0 Å². The average molecular weight is 336 g/mol. The van der Waals surface area contributed by atoms with Crippen LogP contribution in [0.15, 0.2) is 4.99 Å². The first-order valence-electron chi connectivity index (χ1n) is 4.84. The van der Waals surface area contributed by atoms with Gasteiger partial charge in [0.15, 0.2) is 0 Å². The van der Waals surface area contributed by atoms with Crippen LogP contribution in [-0.2, 0) is 0 Å². The van der Waals surface area contributed by atoms with Gasteiger partial charge in [0, 0.05) is 50.0 Å². The van der Waals surface area contributed by atoms with Gasteiger partial charge in [0.2, 0.25) is 0 Å². The summed E-state index contributed by atoms with van der Waals surface area (Å²) in [6, 6.07) is 0. The Morgan fingerprint density at radius 1 is 1.31 bits per heavy atom. The molecule has 0 aromatic heterocycles. The van der Waals surface area contributed by atoms with Crippen molar-refractivity contribution in [2.75, 3.05) is 6.54 Å². The van der Waals surface area contributed by atoms with E-state index in [1.165, 1.54) is 0 Å². The summed E-state index contributed by atoms with van der Waals surface area (Å²) in [7, 11) is 0. The molecule has 0 aliphatic heterocycles. The standard InChI is InChI=1S/C10H21NO.Ho/c1-5-8-10(12,6-2)9(4)11-7-3;/h12H,5-8H2,1-4H3;. The van der Waals surface area contributed by atoms with Crippen molar-refractivity contribution >= 4 is 5.71 Å². The summed E-state index contributed by atoms with van der Waals surface area (Å²) in [6.07, 6.45) is 2.58. The third-order valence-corrected chi connectivity index (χ3v) is 2.32. The summed E-state index contributed by atoms with van der Waals surface area (Å²) in [5, 5.41) is 10.1. The fourth-order valence-corrected chi connectivity index (χ4v) is 1.41. The molecule has 0 aromatic rings. The molecule has 83 valence electrons. The average Bonchev–Trinajstić information content (AvgIpc) is 2.05. The molecule has 0 heterocycles. The Kier molecular flexibility index (Phi) is 10.3. The van der Waals surface area contributed by atoms with Gasteiger partial charge in [-0.25, -0.2) is 0 Å². The normalized spacial score (nSPS) is 16.2. The van der Waals surface area contributed by atoms with E-state index in [1.54, 1.807) is 0 Å². The summed E-state index contributed by atoms with van der Waals surface area (Å²) < 4.78 is 0. The number of rotatable bonds is 5. The van der Waals surface area contributed by atoms with Gasteiger partial charge < -0.3 is 5.11 Å². The number of nitrogens with zero attached hydrogens (tertiary/aromatic N) is 1. The van der Waals surface area contributed by atoms with E-state index in [0.717, 1.165) is 31.5 Å². The minimum absolute atomic E-state index is 0. The molecule has 1 atom stereocenters. The molecular weight excluding hydrogens is 315 g/mol. The van der Waals surface area contributed by atoms with Crippen molar-refractivity contribution in [2.24, 2.45) is 4.99 Å². The minimum atomic E-state index is -0.648. The molecule has 0 aliphatic carbocycles. The maximum atomic E-state index is 10.1. The van der Waals surface area contributed by atoms with E-state index >= 15 is 0 Å². The summed E-state index contributed by atoms with van der Waals surface area (Å²) in [6.45, 7) is 8.76. The van der Waals surface area contributed by atoms with Crippen LogP contribution in [0, 0.1) is 37.7 Å². The zero-order valence-corrected chi connectivity index (χ0v) is 11.0. The quantitative estimate of drug-likeness (QED) is 0.607. The van der Waals surface area contributed by atoms with Gasteiger partial charge in [0.05, 0.1) is 0 Å². The zero-order chi connectivity index (χ0) is 9.61. The maximum absolute atomic E-state index is 10.1. The fraction of sp³-hybridized carbons (Fsp3) is 0.900. The molecule has 1 radical (unpaired) electrons. The molecule has 0 amide bonds. The minimum Gasteiger partial charge on any atom is -0.384 e. The van der Waals surface area contributed by atoms with Crippen LogP contribution in [-0.4, -0.2) is 23.0 Å². The Morgan fingerprint density at radius 2 is 1.85 bits per heavy atom. The topological polar surface area (TPSA) is 32.6 Å². The van der Waals surface area contributed by atoms with E-state index in [2.05, 4.69) is 11.9 Å². The van der Waals surface area contributed by atoms with Crippen molar-refractivity contribution in [3.05, 3.63) is 0 Å². The summed E-state index contributed by atoms with van der Waals surface area (Å²) >= 11 is 0. The van der Waals surface area contributed by atoms with E-state index in [0.29, 0.717) is 0 Å². The van der Waals surface area contributed by atoms with Crippen LogP contribution in [0.25, 0.3) is 0 Å². The van der Waals surface area contributed by atoms with Crippen molar-refractivity contribution in [3.63, 3.8) is 0 Å². The van der Waals surface area contributed by atoms with Gasteiger partial charge in [-0.3, -0.25) is 4.99 Å². The monoisotopic (exact) mass is 336 g/mol. The molecule has 0 aromatic carbocycles. The van der Waals surface area contributed by atoms with E-state index in [1.807, 2.05) is 20.8 Å². The Hall–Kier alpha value is 0.890. The van der Waals surface area contributed by atoms with Crippen LogP contribution in [0.3, 0.4) is 0 Å². The van der Waals surface area contributed by atoms with Crippen molar-refractivity contribution in [2.45, 2.75) is 52.6 Å². The van der Waals surface area contributed by atoms with Gasteiger partial charge in [-0.1, -0.05) is 20.3 Å². The number of aliphatic imine (C=N–C) groups is 1. The van der Waals surface area contributed by atoms with Crippen LogP contribution in [0.5, 0.6) is 0 Å². The Labute approximate surface area is 112 Å². The van der Waals surface area contributed by atoms with Crippen LogP contribution < -0.4 is 0 Å². The second-order valence-electron chi connectivity index (χ2n) is 3.19. The summed E-state index contributed by atoms with van der Waals surface area (Å²) in [5.41, 5.74) is 0.236. The van der Waals surface area contributed by atoms with Crippen molar-refractivity contribution < 1.29 is 42.8 Å². The molecule has 0 saturated carbocycles. The van der Waals surface area contributed by atoms with Crippen molar-refractivity contribution in [1.82, 2.24) is 0 Å². The largest absolute Gasteiger partial charge is 0.384 e. The summed E-state index contributed by atoms with van der Waals surface area (Å²) in [4.78, 5) is 4.25. The maximum Gasteiger partial charge on any atom is 0.102 e. The van der Waals surface area contributed by atoms with E-state index in [4.69, 9.17) is 0 Å². The van der Waals surface area contributed by atoms with Crippen LogP contribution >= 0.6 is 0 Å². The SMILES string of the molecule is CCCC(O)(CC)C(C)=NCC.[Ho]. The predicted octanol–water partition coefficient (Wildman–Crippen LogP) is 2.41. The van der Waals surface area contributed by atoms with Crippen molar-refractivity contribution in [3.8, 4) is 0 Å². The molecule has 0 fully saturated rings. The van der Waals surface area contributed by atoms with Crippen LogP contribution in [0.1, 0.15) is 47.0 Å². The van der Waals surface area contributed by atoms with E-state index in [-0.39, 0.29) is 37.7 Å². The molecule has 0 bridgehead atoms. The molecule has 0 rings (SSSR count). The summed E-state index contributed by atoms with van der Waals surface area (Å²) in [5.74, 6) is 0. The molecule has 13 heavy (non-hydrogen) atoms. The third-order valence-electron chi connectivity index (χ3n) is 2.32. The second-order valence-corrected chi connectivity index (χ2v) is 3.19. The Morgan fingerprint density at radius 3 is 2.15 bits per heavy atom. The Bertz CT molecular complexity index is 159. The first-order valence-corrected chi connectivity index (χ1v) is 4.84. The molecule has 2 nitrogen and oxygen atoms in total. The first-order chi connectivity index (χ1) is 5.60. The number of hydrogen-bond donors (Lipinski definition) is 1. The zero-order valence-electron chi connectivity index (χ0n) is 9.02. The van der Waals surface area contributed by atoms with Gasteiger partial charge in [-0.15, -0.1) is 0 Å². The molecule has 1 N–H and O–H groups in total. The van der Waals surface area contributed by atoms with Gasteiger partial charge >= 0.3 is 0 Å². The Balaban J connectivity index is 0. The smallest absolute Gasteiger partial charge is 0.102 e. The predicted molar refractivity (Wildman–Crippen MR) is 53.8 cm³/mol. The number of hydrogen-bond acceptors (Lipinski definition) is 2. The van der Waals surface area contributed by atoms with Gasteiger partial charge in [-0.05, 0) is 26.7 Å². The molecule has 1 unspecified atom stereocenters. The number of aliphatic hydroxyl groups is 1. The first kappa shape index (κ1) is 16.3. The van der Waals surface area contributed by atoms with Crippen LogP contribution in [0.4, 0.5) is 0 Å². The van der Waals surface area contributed by atoms with Gasteiger partial charge in [-0.2, -0.15) is 0 Å². The second kappa shape index (κ2) is 8.22. The van der Waals surface area contributed by atoms with E-state index in [9.17, 15) is 5.11 Å².